The quantitative estimate of drug-likeness (QED) is 0.721. The molecule has 1 aromatic heterocycles. The number of benzene rings is 2. The van der Waals surface area contributed by atoms with Crippen LogP contribution >= 0.6 is 0 Å². The molecule has 0 unspecified atom stereocenters. The highest BCUT2D eigenvalue weighted by Gasteiger charge is 2.11. The molecule has 0 aliphatic heterocycles. The van der Waals surface area contributed by atoms with Gasteiger partial charge >= 0.3 is 5.76 Å². The lowest BCUT2D eigenvalue weighted by Crippen LogP contribution is -2.30. The van der Waals surface area contributed by atoms with E-state index >= 15 is 0 Å². The Morgan fingerprint density at radius 1 is 0.952 bits per heavy atom. The minimum absolute atomic E-state index is 0.300. The number of fused-ring (bicyclic) bond motifs is 1. The highest BCUT2D eigenvalue weighted by Crippen LogP contribution is 2.14. The van der Waals surface area contributed by atoms with Crippen molar-refractivity contribution in [2.75, 3.05) is 19.0 Å². The van der Waals surface area contributed by atoms with Crippen LogP contribution in [0, 0.1) is 0 Å². The first-order valence-corrected chi connectivity index (χ1v) is 6.50. The monoisotopic (exact) mass is 282 g/mol. The average molecular weight is 282 g/mol. The molecule has 0 amide bonds. The van der Waals surface area contributed by atoms with Crippen LogP contribution in [0.1, 0.15) is 0 Å². The summed E-state index contributed by atoms with van der Waals surface area (Å²) in [6.45, 7) is 0. The van der Waals surface area contributed by atoms with Crippen molar-refractivity contribution in [3.8, 4) is 5.69 Å². The van der Waals surface area contributed by atoms with Crippen molar-refractivity contribution in [2.45, 2.75) is 0 Å². The van der Waals surface area contributed by atoms with E-state index in [2.05, 4.69) is 0 Å². The molecule has 0 saturated carbocycles. The summed E-state index contributed by atoms with van der Waals surface area (Å²) in [7, 11) is 3.84. The van der Waals surface area contributed by atoms with Crippen molar-refractivity contribution in [2.24, 2.45) is 0 Å². The summed E-state index contributed by atoms with van der Waals surface area (Å²) < 4.78 is 6.25. The van der Waals surface area contributed by atoms with Gasteiger partial charge in [0.15, 0.2) is 0 Å². The van der Waals surface area contributed by atoms with E-state index in [9.17, 15) is 9.59 Å². The largest absolute Gasteiger partial charge is 0.426 e. The van der Waals surface area contributed by atoms with Gasteiger partial charge in [0.1, 0.15) is 5.58 Å². The predicted molar refractivity (Wildman–Crippen MR) is 82.4 cm³/mol. The Balaban J connectivity index is 2.25. The molecule has 21 heavy (non-hydrogen) atoms. The molecule has 0 N–H and O–H groups in total. The van der Waals surface area contributed by atoms with Gasteiger partial charge in [0.25, 0.3) is 5.56 Å². The van der Waals surface area contributed by atoms with E-state index < -0.39 is 5.76 Å². The van der Waals surface area contributed by atoms with Crippen molar-refractivity contribution in [1.82, 2.24) is 4.57 Å². The van der Waals surface area contributed by atoms with E-state index in [0.29, 0.717) is 16.7 Å². The Hall–Kier alpha value is -2.82. The third-order valence-corrected chi connectivity index (χ3v) is 3.32. The van der Waals surface area contributed by atoms with Crippen LogP contribution in [0.15, 0.2) is 62.5 Å². The number of hydrogen-bond acceptors (Lipinski definition) is 4. The molecule has 0 bridgehead atoms. The number of aromatic nitrogens is 1. The Labute approximate surface area is 120 Å². The number of para-hydroxylation sites is 1. The van der Waals surface area contributed by atoms with Gasteiger partial charge in [-0.25, -0.2) is 9.36 Å². The first-order valence-electron chi connectivity index (χ1n) is 6.50. The summed E-state index contributed by atoms with van der Waals surface area (Å²) in [5.41, 5.74) is 1.40. The smallest absolute Gasteiger partial charge is 0.409 e. The van der Waals surface area contributed by atoms with Gasteiger partial charge in [0.05, 0.1) is 11.1 Å². The Kier molecular flexibility index (Phi) is 3.10. The van der Waals surface area contributed by atoms with Gasteiger partial charge in [-0.05, 0) is 36.4 Å². The van der Waals surface area contributed by atoms with Crippen LogP contribution in [0.25, 0.3) is 16.7 Å². The lowest BCUT2D eigenvalue weighted by molar-refractivity contribution is 0.504. The van der Waals surface area contributed by atoms with E-state index in [-0.39, 0.29) is 5.56 Å². The predicted octanol–water partition coefficient (Wildman–Crippen LogP) is 2.01. The Morgan fingerprint density at radius 3 is 2.29 bits per heavy atom. The van der Waals surface area contributed by atoms with Gasteiger partial charge < -0.3 is 9.32 Å². The maximum absolute atomic E-state index is 12.5. The van der Waals surface area contributed by atoms with E-state index in [1.165, 1.54) is 0 Å². The molecule has 106 valence electrons. The molecule has 3 aromatic rings. The van der Waals surface area contributed by atoms with Crippen molar-refractivity contribution in [3.05, 3.63) is 69.4 Å². The molecule has 0 radical (unpaired) electrons. The fourth-order valence-corrected chi connectivity index (χ4v) is 2.20. The van der Waals surface area contributed by atoms with Gasteiger partial charge in [-0.3, -0.25) is 4.79 Å². The van der Waals surface area contributed by atoms with Gasteiger partial charge in [-0.1, -0.05) is 12.1 Å². The molecule has 5 nitrogen and oxygen atoms in total. The van der Waals surface area contributed by atoms with Crippen LogP contribution in [-0.4, -0.2) is 18.7 Å². The minimum atomic E-state index is -0.684. The minimum Gasteiger partial charge on any atom is -0.409 e. The molecule has 0 aliphatic rings. The zero-order chi connectivity index (χ0) is 15.0. The highest BCUT2D eigenvalue weighted by atomic mass is 16.4. The zero-order valence-corrected chi connectivity index (χ0v) is 11.7. The fourth-order valence-electron chi connectivity index (χ4n) is 2.20. The van der Waals surface area contributed by atoms with Crippen LogP contribution in [0.3, 0.4) is 0 Å². The molecule has 2 aromatic carbocycles. The molecular formula is C16H14N2O3. The molecule has 0 spiro atoms. The summed E-state index contributed by atoms with van der Waals surface area (Å²) in [5, 5.41) is 0.383. The van der Waals surface area contributed by atoms with Crippen LogP contribution in [0.2, 0.25) is 0 Å². The molecule has 0 atom stereocenters. The van der Waals surface area contributed by atoms with Crippen molar-refractivity contribution >= 4 is 16.7 Å². The summed E-state index contributed by atoms with van der Waals surface area (Å²) in [6, 6.07) is 13.9. The lowest BCUT2D eigenvalue weighted by atomic mass is 10.2. The van der Waals surface area contributed by atoms with Crippen LogP contribution < -0.4 is 16.2 Å². The summed E-state index contributed by atoms with van der Waals surface area (Å²) >= 11 is 0. The second kappa shape index (κ2) is 4.94. The van der Waals surface area contributed by atoms with Gasteiger partial charge in [-0.2, -0.15) is 0 Å². The standard InChI is InChI=1S/C16H14N2O3/c1-17(2)11-7-9-12(10-8-11)18-15(19)13-5-3-4-6-14(13)21-16(18)20/h3-10H,1-2H3. The fraction of sp³-hybridized carbons (Fsp3) is 0.125. The topological polar surface area (TPSA) is 55.5 Å². The van der Waals surface area contributed by atoms with E-state index in [0.717, 1.165) is 10.3 Å². The zero-order valence-electron chi connectivity index (χ0n) is 11.7. The first kappa shape index (κ1) is 13.2. The number of nitrogens with zero attached hydrogens (tertiary/aromatic N) is 2. The average Bonchev–Trinajstić information content (AvgIpc) is 2.48. The van der Waals surface area contributed by atoms with Crippen LogP contribution in [0.4, 0.5) is 5.69 Å². The van der Waals surface area contributed by atoms with Gasteiger partial charge in [-0.15, -0.1) is 0 Å². The van der Waals surface area contributed by atoms with Crippen LogP contribution in [-0.2, 0) is 0 Å². The third kappa shape index (κ3) is 2.23. The molecule has 1 heterocycles. The summed E-state index contributed by atoms with van der Waals surface area (Å²) in [4.78, 5) is 26.5. The highest BCUT2D eigenvalue weighted by molar-refractivity contribution is 5.75. The molecule has 0 saturated heterocycles. The summed E-state index contributed by atoms with van der Waals surface area (Å²) in [6.07, 6.45) is 0. The van der Waals surface area contributed by atoms with Crippen molar-refractivity contribution in [1.29, 1.82) is 0 Å². The lowest BCUT2D eigenvalue weighted by Gasteiger charge is -2.13. The van der Waals surface area contributed by atoms with Gasteiger partial charge in [0.2, 0.25) is 0 Å². The number of hydrogen-bond donors (Lipinski definition) is 0. The van der Waals surface area contributed by atoms with Crippen molar-refractivity contribution in [3.63, 3.8) is 0 Å². The molecule has 0 aliphatic carbocycles. The Bertz CT molecular complexity index is 905. The second-order valence-electron chi connectivity index (χ2n) is 4.92. The first-order chi connectivity index (χ1) is 10.1. The van der Waals surface area contributed by atoms with E-state index in [1.54, 1.807) is 36.4 Å². The second-order valence-corrected chi connectivity index (χ2v) is 4.92. The van der Waals surface area contributed by atoms with E-state index in [4.69, 9.17) is 4.42 Å². The Morgan fingerprint density at radius 2 is 1.62 bits per heavy atom. The number of anilines is 1. The molecular weight excluding hydrogens is 268 g/mol. The number of rotatable bonds is 2. The molecule has 5 heteroatoms. The van der Waals surface area contributed by atoms with Crippen LogP contribution in [0.5, 0.6) is 0 Å². The summed E-state index contributed by atoms with van der Waals surface area (Å²) in [5.74, 6) is -0.684. The van der Waals surface area contributed by atoms with E-state index in [1.807, 2.05) is 31.1 Å². The molecule has 0 fully saturated rings. The SMILES string of the molecule is CN(C)c1ccc(-n2c(=O)oc3ccccc3c2=O)cc1. The maximum atomic E-state index is 12.5. The maximum Gasteiger partial charge on any atom is 0.426 e. The normalized spacial score (nSPS) is 10.8. The van der Waals surface area contributed by atoms with Gasteiger partial charge in [0, 0.05) is 19.8 Å². The third-order valence-electron chi connectivity index (χ3n) is 3.32. The molecule has 3 rings (SSSR count). The van der Waals surface area contributed by atoms with Crippen molar-refractivity contribution < 1.29 is 4.42 Å².